The second-order valence-corrected chi connectivity index (χ2v) is 3.10. The topological polar surface area (TPSA) is 59.4 Å². The summed E-state index contributed by atoms with van der Waals surface area (Å²) in [6.45, 7) is 1.84. The van der Waals surface area contributed by atoms with Gasteiger partial charge in [-0.05, 0) is 12.0 Å². The minimum Gasteiger partial charge on any atom is -0.481 e. The summed E-state index contributed by atoms with van der Waals surface area (Å²) in [5.74, 6) is -0.402. The van der Waals surface area contributed by atoms with Crippen molar-refractivity contribution in [2.45, 2.75) is 19.3 Å². The van der Waals surface area contributed by atoms with Crippen LogP contribution in [-0.2, 0) is 4.79 Å². The van der Waals surface area contributed by atoms with Crippen LogP contribution in [0.3, 0.4) is 0 Å². The van der Waals surface area contributed by atoms with Crippen LogP contribution >= 0.6 is 0 Å². The Morgan fingerprint density at radius 1 is 1.71 bits per heavy atom. The number of methoxy groups -OCH3 is 1. The Balaban J connectivity index is 2.87. The first-order chi connectivity index (χ1) is 6.65. The molecule has 0 aliphatic carbocycles. The van der Waals surface area contributed by atoms with E-state index in [1.165, 1.54) is 7.11 Å². The zero-order valence-corrected chi connectivity index (χ0v) is 8.23. The first-order valence-corrected chi connectivity index (χ1v) is 4.36. The van der Waals surface area contributed by atoms with Gasteiger partial charge in [-0.15, -0.1) is 0 Å². The van der Waals surface area contributed by atoms with E-state index in [1.807, 2.05) is 13.0 Å². The maximum Gasteiger partial charge on any atom is 0.303 e. The van der Waals surface area contributed by atoms with Crippen LogP contribution in [-0.4, -0.2) is 23.2 Å². The summed E-state index contributed by atoms with van der Waals surface area (Å²) in [7, 11) is 1.53. The van der Waals surface area contributed by atoms with Gasteiger partial charge in [0.1, 0.15) is 0 Å². The second kappa shape index (κ2) is 4.60. The molecule has 0 spiro atoms. The minimum absolute atomic E-state index is 0.0854. The first-order valence-electron chi connectivity index (χ1n) is 4.36. The lowest BCUT2D eigenvalue weighted by molar-refractivity contribution is -0.137. The molecule has 1 unspecified atom stereocenters. The number of hydrogen-bond acceptors (Lipinski definition) is 3. The van der Waals surface area contributed by atoms with E-state index in [9.17, 15) is 4.79 Å². The van der Waals surface area contributed by atoms with Crippen LogP contribution in [0.2, 0.25) is 0 Å². The highest BCUT2D eigenvalue weighted by Gasteiger charge is 2.14. The van der Waals surface area contributed by atoms with Gasteiger partial charge < -0.3 is 9.84 Å². The molecular weight excluding hydrogens is 182 g/mol. The molecule has 0 bridgehead atoms. The van der Waals surface area contributed by atoms with E-state index in [4.69, 9.17) is 9.84 Å². The molecule has 1 aromatic heterocycles. The van der Waals surface area contributed by atoms with Gasteiger partial charge in [-0.1, -0.05) is 13.0 Å². The molecule has 1 atom stereocenters. The van der Waals surface area contributed by atoms with E-state index in [1.54, 1.807) is 12.3 Å². The fourth-order valence-electron chi connectivity index (χ4n) is 1.32. The molecule has 0 aliphatic heterocycles. The summed E-state index contributed by atoms with van der Waals surface area (Å²) in [4.78, 5) is 14.5. The summed E-state index contributed by atoms with van der Waals surface area (Å²) < 4.78 is 5.04. The van der Waals surface area contributed by atoms with Crippen LogP contribution in [0.5, 0.6) is 5.88 Å². The van der Waals surface area contributed by atoms with Crippen molar-refractivity contribution >= 4 is 5.97 Å². The molecule has 1 aromatic rings. The van der Waals surface area contributed by atoms with Crippen LogP contribution < -0.4 is 4.74 Å². The van der Waals surface area contributed by atoms with E-state index in [-0.39, 0.29) is 12.3 Å². The number of hydrogen-bond donors (Lipinski definition) is 1. The molecule has 0 aromatic carbocycles. The van der Waals surface area contributed by atoms with Crippen LogP contribution in [0.4, 0.5) is 0 Å². The predicted molar refractivity (Wildman–Crippen MR) is 51.5 cm³/mol. The molecule has 0 saturated heterocycles. The summed E-state index contributed by atoms with van der Waals surface area (Å²) in [6.07, 6.45) is 1.71. The number of aromatic nitrogens is 1. The van der Waals surface area contributed by atoms with Crippen molar-refractivity contribution in [3.05, 3.63) is 23.9 Å². The molecule has 4 heteroatoms. The van der Waals surface area contributed by atoms with Gasteiger partial charge in [0.2, 0.25) is 5.88 Å². The van der Waals surface area contributed by atoms with Gasteiger partial charge >= 0.3 is 5.97 Å². The van der Waals surface area contributed by atoms with Gasteiger partial charge in [-0.3, -0.25) is 4.79 Å². The summed E-state index contributed by atoms with van der Waals surface area (Å²) in [5, 5.41) is 8.65. The molecule has 0 radical (unpaired) electrons. The zero-order valence-electron chi connectivity index (χ0n) is 8.23. The third-order valence-corrected chi connectivity index (χ3v) is 2.01. The molecule has 1 N–H and O–H groups in total. The number of carbonyl (C=O) groups is 1. The van der Waals surface area contributed by atoms with E-state index in [2.05, 4.69) is 4.98 Å². The SMILES string of the molecule is COc1ncccc1C(C)CC(=O)O. The Hall–Kier alpha value is -1.58. The van der Waals surface area contributed by atoms with Crippen molar-refractivity contribution in [3.63, 3.8) is 0 Å². The number of carboxylic acids is 1. The van der Waals surface area contributed by atoms with Crippen molar-refractivity contribution in [2.24, 2.45) is 0 Å². The fourth-order valence-corrected chi connectivity index (χ4v) is 1.32. The fraction of sp³-hybridized carbons (Fsp3) is 0.400. The molecule has 1 rings (SSSR count). The first kappa shape index (κ1) is 10.5. The Labute approximate surface area is 82.5 Å². The number of pyridine rings is 1. The number of nitrogens with zero attached hydrogens (tertiary/aromatic N) is 1. The Morgan fingerprint density at radius 2 is 2.43 bits per heavy atom. The standard InChI is InChI=1S/C10H13NO3/c1-7(6-9(12)13)8-4-3-5-11-10(8)14-2/h3-5,7H,6H2,1-2H3,(H,12,13). The zero-order chi connectivity index (χ0) is 10.6. The van der Waals surface area contributed by atoms with Crippen molar-refractivity contribution in [1.82, 2.24) is 4.98 Å². The number of ether oxygens (including phenoxy) is 1. The molecule has 4 nitrogen and oxygen atoms in total. The molecular formula is C10H13NO3. The van der Waals surface area contributed by atoms with Gasteiger partial charge in [-0.25, -0.2) is 4.98 Å². The van der Waals surface area contributed by atoms with Crippen LogP contribution in [0.1, 0.15) is 24.8 Å². The summed E-state index contributed by atoms with van der Waals surface area (Å²) in [5.41, 5.74) is 0.831. The van der Waals surface area contributed by atoms with Crippen molar-refractivity contribution in [3.8, 4) is 5.88 Å². The maximum atomic E-state index is 10.5. The van der Waals surface area contributed by atoms with E-state index >= 15 is 0 Å². The minimum atomic E-state index is -0.816. The van der Waals surface area contributed by atoms with E-state index < -0.39 is 5.97 Å². The molecule has 0 aliphatic rings. The van der Waals surface area contributed by atoms with Crippen LogP contribution in [0.15, 0.2) is 18.3 Å². The van der Waals surface area contributed by atoms with Crippen LogP contribution in [0.25, 0.3) is 0 Å². The highest BCUT2D eigenvalue weighted by molar-refractivity contribution is 5.68. The third-order valence-electron chi connectivity index (χ3n) is 2.01. The molecule has 1 heterocycles. The summed E-state index contributed by atoms with van der Waals surface area (Å²) >= 11 is 0. The van der Waals surface area contributed by atoms with Gasteiger partial charge in [-0.2, -0.15) is 0 Å². The predicted octanol–water partition coefficient (Wildman–Crippen LogP) is 1.67. The van der Waals surface area contributed by atoms with Crippen molar-refractivity contribution < 1.29 is 14.6 Å². The van der Waals surface area contributed by atoms with Gasteiger partial charge in [0.15, 0.2) is 0 Å². The normalized spacial score (nSPS) is 12.1. The quantitative estimate of drug-likeness (QED) is 0.793. The van der Waals surface area contributed by atoms with Crippen molar-refractivity contribution in [2.75, 3.05) is 7.11 Å². The lowest BCUT2D eigenvalue weighted by Crippen LogP contribution is -2.05. The second-order valence-electron chi connectivity index (χ2n) is 3.10. The maximum absolute atomic E-state index is 10.5. The summed E-state index contributed by atoms with van der Waals surface area (Å²) in [6, 6.07) is 3.61. The molecule has 0 fully saturated rings. The number of aliphatic carboxylic acids is 1. The van der Waals surface area contributed by atoms with Gasteiger partial charge in [0.05, 0.1) is 13.5 Å². The van der Waals surface area contributed by atoms with Crippen LogP contribution in [0, 0.1) is 0 Å². The molecule has 14 heavy (non-hydrogen) atoms. The monoisotopic (exact) mass is 195 g/mol. The van der Waals surface area contributed by atoms with E-state index in [0.29, 0.717) is 5.88 Å². The third kappa shape index (κ3) is 2.45. The Morgan fingerprint density at radius 3 is 3.00 bits per heavy atom. The average molecular weight is 195 g/mol. The smallest absolute Gasteiger partial charge is 0.303 e. The molecule has 0 saturated carbocycles. The lowest BCUT2D eigenvalue weighted by atomic mass is 9.99. The lowest BCUT2D eigenvalue weighted by Gasteiger charge is -2.11. The average Bonchev–Trinajstić information content (AvgIpc) is 2.16. The highest BCUT2D eigenvalue weighted by atomic mass is 16.5. The number of rotatable bonds is 4. The van der Waals surface area contributed by atoms with E-state index in [0.717, 1.165) is 5.56 Å². The van der Waals surface area contributed by atoms with Gasteiger partial charge in [0, 0.05) is 11.8 Å². The van der Waals surface area contributed by atoms with Crippen molar-refractivity contribution in [1.29, 1.82) is 0 Å². The Bertz CT molecular complexity index is 325. The molecule has 76 valence electrons. The Kier molecular flexibility index (Phi) is 3.45. The molecule has 0 amide bonds. The van der Waals surface area contributed by atoms with Gasteiger partial charge in [0.25, 0.3) is 0 Å². The highest BCUT2D eigenvalue weighted by Crippen LogP contribution is 2.25. The number of carboxylic acid groups (broad SMARTS) is 1. The largest absolute Gasteiger partial charge is 0.481 e.